The maximum Gasteiger partial charge on any atom is 0.119 e. The Labute approximate surface area is 56.7 Å². The largest absolute Gasteiger partial charge is 0.368 e. The molecule has 0 saturated carbocycles. The zero-order valence-corrected chi connectivity index (χ0v) is 5.89. The van der Waals surface area contributed by atoms with E-state index in [2.05, 4.69) is 12.2 Å². The van der Waals surface area contributed by atoms with Gasteiger partial charge < -0.3 is 4.74 Å². The summed E-state index contributed by atoms with van der Waals surface area (Å²) < 4.78 is 5.31. The van der Waals surface area contributed by atoms with Crippen molar-refractivity contribution in [3.05, 3.63) is 18.3 Å². The van der Waals surface area contributed by atoms with Crippen LogP contribution in [0.1, 0.15) is 26.2 Å². The summed E-state index contributed by atoms with van der Waals surface area (Å²) in [6.07, 6.45) is 9.03. The maximum atomic E-state index is 5.31. The fourth-order valence-corrected chi connectivity index (χ4v) is 0.998. The lowest BCUT2D eigenvalue weighted by atomic mass is 10.1. The van der Waals surface area contributed by atoms with E-state index in [-0.39, 0.29) is 0 Å². The number of hydrogen-bond donors (Lipinski definition) is 0. The Morgan fingerprint density at radius 2 is 2.56 bits per heavy atom. The van der Waals surface area contributed by atoms with Crippen LogP contribution in [0.4, 0.5) is 0 Å². The van der Waals surface area contributed by atoms with Gasteiger partial charge in [0.05, 0.1) is 0 Å². The molecule has 1 aliphatic carbocycles. The fraction of sp³-hybridized carbons (Fsp3) is 0.625. The Hall–Kier alpha value is -0.300. The molecule has 1 radical (unpaired) electrons. The molecule has 0 bridgehead atoms. The molecule has 0 amide bonds. The third kappa shape index (κ3) is 2.19. The predicted octanol–water partition coefficient (Wildman–Crippen LogP) is 2.29. The van der Waals surface area contributed by atoms with Crippen molar-refractivity contribution in [2.45, 2.75) is 26.2 Å². The Morgan fingerprint density at radius 3 is 3.11 bits per heavy atom. The molecule has 0 heterocycles. The monoisotopic (exact) mass is 125 g/mol. The lowest BCUT2D eigenvalue weighted by Crippen LogP contribution is -2.02. The summed E-state index contributed by atoms with van der Waals surface area (Å²) in [6, 6.07) is 0. The highest BCUT2D eigenvalue weighted by molar-refractivity contribution is 5.06. The van der Waals surface area contributed by atoms with Gasteiger partial charge in [-0.1, -0.05) is 12.2 Å². The van der Waals surface area contributed by atoms with Crippen LogP contribution < -0.4 is 0 Å². The zero-order chi connectivity index (χ0) is 6.53. The van der Waals surface area contributed by atoms with Gasteiger partial charge in [0.1, 0.15) is 6.10 Å². The molecule has 0 atom stereocenters. The molecule has 0 aromatic rings. The Balaban J connectivity index is 2.23. The summed E-state index contributed by atoms with van der Waals surface area (Å²) in [6.45, 7) is 2.83. The number of hydrogen-bond acceptors (Lipinski definition) is 1. The smallest absolute Gasteiger partial charge is 0.119 e. The topological polar surface area (TPSA) is 9.23 Å². The second-order valence-electron chi connectivity index (χ2n) is 2.19. The van der Waals surface area contributed by atoms with Crippen molar-refractivity contribution >= 4 is 0 Å². The van der Waals surface area contributed by atoms with Crippen LogP contribution in [-0.4, -0.2) is 6.61 Å². The average Bonchev–Trinajstić information content (AvgIpc) is 1.91. The van der Waals surface area contributed by atoms with Gasteiger partial charge >= 0.3 is 0 Å². The van der Waals surface area contributed by atoms with Crippen molar-refractivity contribution in [2.75, 3.05) is 6.61 Å². The van der Waals surface area contributed by atoms with Crippen LogP contribution in [0.15, 0.2) is 12.2 Å². The second-order valence-corrected chi connectivity index (χ2v) is 2.19. The van der Waals surface area contributed by atoms with Crippen molar-refractivity contribution in [1.29, 1.82) is 0 Å². The molecule has 0 saturated heterocycles. The summed E-state index contributed by atoms with van der Waals surface area (Å²) in [4.78, 5) is 0. The third-order valence-corrected chi connectivity index (χ3v) is 1.43. The van der Waals surface area contributed by atoms with Crippen LogP contribution in [0.25, 0.3) is 0 Å². The van der Waals surface area contributed by atoms with Crippen molar-refractivity contribution in [3.63, 3.8) is 0 Å². The maximum absolute atomic E-state index is 5.31. The minimum absolute atomic E-state index is 0.805. The van der Waals surface area contributed by atoms with E-state index >= 15 is 0 Å². The molecule has 0 spiro atoms. The van der Waals surface area contributed by atoms with Crippen molar-refractivity contribution in [1.82, 2.24) is 0 Å². The van der Waals surface area contributed by atoms with Crippen LogP contribution in [0.5, 0.6) is 0 Å². The van der Waals surface area contributed by atoms with Gasteiger partial charge in [0.2, 0.25) is 0 Å². The molecular formula is C8H13O. The first-order valence-corrected chi connectivity index (χ1v) is 3.58. The Kier molecular flexibility index (Phi) is 2.78. The van der Waals surface area contributed by atoms with Crippen molar-refractivity contribution < 1.29 is 4.74 Å². The molecule has 9 heavy (non-hydrogen) atoms. The van der Waals surface area contributed by atoms with E-state index in [9.17, 15) is 0 Å². The van der Waals surface area contributed by atoms with E-state index in [1.165, 1.54) is 12.8 Å². The molecular weight excluding hydrogens is 112 g/mol. The molecule has 0 fully saturated rings. The molecule has 1 aliphatic rings. The highest BCUT2D eigenvalue weighted by Gasteiger charge is 2.07. The molecule has 0 aromatic carbocycles. The molecule has 0 unspecified atom stereocenters. The number of allylic oxidation sites excluding steroid dienone is 1. The van der Waals surface area contributed by atoms with Gasteiger partial charge in [0.15, 0.2) is 0 Å². The van der Waals surface area contributed by atoms with Gasteiger partial charge in [-0.25, -0.2) is 0 Å². The molecule has 1 rings (SSSR count). The molecule has 0 aliphatic heterocycles. The first kappa shape index (κ1) is 6.81. The average molecular weight is 125 g/mol. The Bertz CT molecular complexity index is 96.7. The van der Waals surface area contributed by atoms with Crippen LogP contribution in [0.3, 0.4) is 0 Å². The quantitative estimate of drug-likeness (QED) is 0.550. The molecule has 0 N–H and O–H groups in total. The lowest BCUT2D eigenvalue weighted by Gasteiger charge is -2.13. The predicted molar refractivity (Wildman–Crippen MR) is 37.9 cm³/mol. The fourth-order valence-electron chi connectivity index (χ4n) is 0.998. The minimum atomic E-state index is 0.805. The summed E-state index contributed by atoms with van der Waals surface area (Å²) in [5.74, 6) is 0. The highest BCUT2D eigenvalue weighted by Crippen LogP contribution is 2.19. The number of ether oxygens (including phenoxy) is 1. The van der Waals surface area contributed by atoms with Gasteiger partial charge in [-0.15, -0.1) is 0 Å². The first-order chi connectivity index (χ1) is 4.43. The van der Waals surface area contributed by atoms with E-state index in [0.717, 1.165) is 19.1 Å². The molecule has 1 heteroatoms. The van der Waals surface area contributed by atoms with Gasteiger partial charge in [-0.05, 0) is 26.2 Å². The minimum Gasteiger partial charge on any atom is -0.368 e. The van der Waals surface area contributed by atoms with Crippen LogP contribution in [0, 0.1) is 6.10 Å². The zero-order valence-electron chi connectivity index (χ0n) is 5.89. The highest BCUT2D eigenvalue weighted by atomic mass is 16.5. The lowest BCUT2D eigenvalue weighted by molar-refractivity contribution is 0.166. The summed E-state index contributed by atoms with van der Waals surface area (Å²) >= 11 is 0. The van der Waals surface area contributed by atoms with Gasteiger partial charge in [-0.2, -0.15) is 0 Å². The van der Waals surface area contributed by atoms with E-state index < -0.39 is 0 Å². The van der Waals surface area contributed by atoms with Gasteiger partial charge in [0, 0.05) is 6.61 Å². The normalized spacial score (nSPS) is 20.6. The third-order valence-electron chi connectivity index (χ3n) is 1.43. The Morgan fingerprint density at radius 1 is 1.67 bits per heavy atom. The standard InChI is InChI=1S/C8H13O/c1-2-9-8-6-4-3-5-7-8/h4,6H,2-3,5,7H2,1H3. The van der Waals surface area contributed by atoms with Gasteiger partial charge in [0.25, 0.3) is 0 Å². The summed E-state index contributed by atoms with van der Waals surface area (Å²) in [5.41, 5.74) is 0. The second kappa shape index (κ2) is 3.67. The van der Waals surface area contributed by atoms with E-state index in [1.54, 1.807) is 0 Å². The van der Waals surface area contributed by atoms with Crippen LogP contribution >= 0.6 is 0 Å². The van der Waals surface area contributed by atoms with Crippen molar-refractivity contribution in [3.8, 4) is 0 Å². The summed E-state index contributed by atoms with van der Waals surface area (Å²) in [7, 11) is 0. The van der Waals surface area contributed by atoms with Crippen LogP contribution in [-0.2, 0) is 4.74 Å². The van der Waals surface area contributed by atoms with E-state index in [4.69, 9.17) is 4.74 Å². The van der Waals surface area contributed by atoms with Gasteiger partial charge in [-0.3, -0.25) is 0 Å². The molecule has 0 aromatic heterocycles. The van der Waals surface area contributed by atoms with E-state index in [0.29, 0.717) is 0 Å². The molecule has 51 valence electrons. The van der Waals surface area contributed by atoms with Crippen molar-refractivity contribution in [2.24, 2.45) is 0 Å². The SMILES string of the molecule is CCO[C]1C=CCCC1. The summed E-state index contributed by atoms with van der Waals surface area (Å²) in [5, 5.41) is 0. The first-order valence-electron chi connectivity index (χ1n) is 3.58. The number of rotatable bonds is 2. The molecule has 1 nitrogen and oxygen atoms in total. The van der Waals surface area contributed by atoms with E-state index in [1.807, 2.05) is 6.92 Å². The van der Waals surface area contributed by atoms with Crippen LogP contribution in [0.2, 0.25) is 0 Å².